The van der Waals surface area contributed by atoms with Crippen molar-refractivity contribution in [2.75, 3.05) is 14.2 Å². The van der Waals surface area contributed by atoms with Crippen LogP contribution in [0.1, 0.15) is 10.4 Å². The van der Waals surface area contributed by atoms with Crippen molar-refractivity contribution in [3.05, 3.63) is 35.9 Å². The SMILES string of the molecule is COc1cccc(OC(=O)c2cc(O)c(O)c(O)c2)c1OC. The van der Waals surface area contributed by atoms with Crippen LogP contribution in [0.2, 0.25) is 0 Å². The van der Waals surface area contributed by atoms with Crippen molar-refractivity contribution in [3.8, 4) is 34.5 Å². The average Bonchev–Trinajstić information content (AvgIpc) is 2.51. The normalized spacial score (nSPS) is 10.1. The lowest BCUT2D eigenvalue weighted by Gasteiger charge is -2.12. The molecule has 0 heterocycles. The largest absolute Gasteiger partial charge is 0.504 e. The zero-order valence-corrected chi connectivity index (χ0v) is 11.9. The summed E-state index contributed by atoms with van der Waals surface area (Å²) in [5, 5.41) is 28.1. The fourth-order valence-electron chi connectivity index (χ4n) is 1.82. The minimum Gasteiger partial charge on any atom is -0.504 e. The zero-order valence-electron chi connectivity index (χ0n) is 11.9. The summed E-state index contributed by atoms with van der Waals surface area (Å²) in [6.45, 7) is 0. The van der Waals surface area contributed by atoms with E-state index in [2.05, 4.69) is 0 Å². The van der Waals surface area contributed by atoms with E-state index in [1.165, 1.54) is 20.3 Å². The van der Waals surface area contributed by atoms with Crippen LogP contribution in [0.4, 0.5) is 0 Å². The number of phenolic OH excluding ortho intramolecular Hbond substituents is 3. The number of hydrogen-bond acceptors (Lipinski definition) is 7. The van der Waals surface area contributed by atoms with Crippen molar-refractivity contribution in [2.45, 2.75) is 0 Å². The summed E-state index contributed by atoms with van der Waals surface area (Å²) in [4.78, 5) is 12.1. The Kier molecular flexibility index (Phi) is 4.26. The van der Waals surface area contributed by atoms with Crippen LogP contribution in [0.25, 0.3) is 0 Å². The molecular formula is C15H14O7. The maximum Gasteiger partial charge on any atom is 0.343 e. The van der Waals surface area contributed by atoms with E-state index in [1.807, 2.05) is 0 Å². The Morgan fingerprint density at radius 2 is 1.55 bits per heavy atom. The Bertz CT molecular complexity index is 686. The second-order valence-electron chi connectivity index (χ2n) is 4.24. The van der Waals surface area contributed by atoms with Crippen LogP contribution in [-0.2, 0) is 0 Å². The van der Waals surface area contributed by atoms with E-state index >= 15 is 0 Å². The lowest BCUT2D eigenvalue weighted by Crippen LogP contribution is -2.09. The number of rotatable bonds is 4. The van der Waals surface area contributed by atoms with Crippen LogP contribution >= 0.6 is 0 Å². The quantitative estimate of drug-likeness (QED) is 0.451. The number of carbonyl (C=O) groups excluding carboxylic acids is 1. The number of para-hydroxylation sites is 1. The monoisotopic (exact) mass is 306 g/mol. The summed E-state index contributed by atoms with van der Waals surface area (Å²) in [6, 6.07) is 6.69. The molecule has 0 atom stereocenters. The Hall–Kier alpha value is -3.09. The highest BCUT2D eigenvalue weighted by Crippen LogP contribution is 2.38. The molecule has 3 N–H and O–H groups in total. The molecule has 2 rings (SSSR count). The fraction of sp³-hybridized carbons (Fsp3) is 0.133. The fourth-order valence-corrected chi connectivity index (χ4v) is 1.82. The van der Waals surface area contributed by atoms with Crippen LogP contribution in [0.5, 0.6) is 34.5 Å². The van der Waals surface area contributed by atoms with E-state index in [9.17, 15) is 20.1 Å². The number of ether oxygens (including phenoxy) is 3. The Morgan fingerprint density at radius 3 is 2.09 bits per heavy atom. The van der Waals surface area contributed by atoms with Gasteiger partial charge in [-0.2, -0.15) is 0 Å². The van der Waals surface area contributed by atoms with Gasteiger partial charge in [-0.1, -0.05) is 6.07 Å². The third-order valence-electron chi connectivity index (χ3n) is 2.87. The topological polar surface area (TPSA) is 105 Å². The standard InChI is InChI=1S/C15H14O7/c1-20-11-4-3-5-12(14(11)21-2)22-15(19)8-6-9(16)13(18)10(17)7-8/h3-7,16-18H,1-2H3. The van der Waals surface area contributed by atoms with Gasteiger partial charge in [0, 0.05) is 0 Å². The first-order chi connectivity index (χ1) is 10.5. The number of hydrogen-bond donors (Lipinski definition) is 3. The predicted octanol–water partition coefficient (Wildman–Crippen LogP) is 2.04. The van der Waals surface area contributed by atoms with Crippen LogP contribution in [0, 0.1) is 0 Å². The van der Waals surface area contributed by atoms with Gasteiger partial charge in [-0.25, -0.2) is 4.79 Å². The van der Waals surface area contributed by atoms with Crippen molar-refractivity contribution < 1.29 is 34.3 Å². The number of aromatic hydroxyl groups is 3. The van der Waals surface area contributed by atoms with Gasteiger partial charge in [-0.3, -0.25) is 0 Å². The minimum absolute atomic E-state index is 0.110. The van der Waals surface area contributed by atoms with E-state index in [1.54, 1.807) is 12.1 Å². The number of benzene rings is 2. The molecule has 0 aliphatic carbocycles. The van der Waals surface area contributed by atoms with Crippen molar-refractivity contribution in [1.82, 2.24) is 0 Å². The molecule has 0 saturated heterocycles. The maximum absolute atomic E-state index is 12.1. The summed E-state index contributed by atoms with van der Waals surface area (Å²) < 4.78 is 15.4. The Morgan fingerprint density at radius 1 is 0.955 bits per heavy atom. The van der Waals surface area contributed by atoms with Gasteiger partial charge >= 0.3 is 5.97 Å². The molecule has 0 bridgehead atoms. The lowest BCUT2D eigenvalue weighted by molar-refractivity contribution is 0.0728. The molecule has 0 radical (unpaired) electrons. The summed E-state index contributed by atoms with van der Waals surface area (Å²) >= 11 is 0. The number of phenols is 3. The van der Waals surface area contributed by atoms with Gasteiger partial charge in [0.15, 0.2) is 28.7 Å². The minimum atomic E-state index is -0.850. The van der Waals surface area contributed by atoms with Crippen LogP contribution in [-0.4, -0.2) is 35.5 Å². The summed E-state index contributed by atoms with van der Waals surface area (Å²) in [7, 11) is 2.84. The Balaban J connectivity index is 2.34. The Labute approximate surface area is 125 Å². The highest BCUT2D eigenvalue weighted by molar-refractivity contribution is 5.93. The molecule has 0 spiro atoms. The molecule has 116 valence electrons. The van der Waals surface area contributed by atoms with Gasteiger partial charge in [0.25, 0.3) is 0 Å². The third-order valence-corrected chi connectivity index (χ3v) is 2.87. The molecule has 7 nitrogen and oxygen atoms in total. The van der Waals surface area contributed by atoms with Crippen LogP contribution < -0.4 is 14.2 Å². The summed E-state index contributed by atoms with van der Waals surface area (Å²) in [5.74, 6) is -2.12. The smallest absolute Gasteiger partial charge is 0.343 e. The van der Waals surface area contributed by atoms with E-state index in [-0.39, 0.29) is 17.1 Å². The first kappa shape index (κ1) is 15.3. The number of carbonyl (C=O) groups is 1. The van der Waals surface area contributed by atoms with E-state index in [0.717, 1.165) is 12.1 Å². The zero-order chi connectivity index (χ0) is 16.3. The maximum atomic E-state index is 12.1. The van der Waals surface area contributed by atoms with Crippen molar-refractivity contribution in [1.29, 1.82) is 0 Å². The lowest BCUT2D eigenvalue weighted by atomic mass is 10.2. The molecule has 0 aliphatic heterocycles. The predicted molar refractivity (Wildman–Crippen MR) is 75.9 cm³/mol. The van der Waals surface area contributed by atoms with Gasteiger partial charge in [0.05, 0.1) is 19.8 Å². The molecule has 2 aromatic carbocycles. The highest BCUT2D eigenvalue weighted by atomic mass is 16.6. The second-order valence-corrected chi connectivity index (χ2v) is 4.24. The number of methoxy groups -OCH3 is 2. The van der Waals surface area contributed by atoms with Gasteiger partial charge in [0.2, 0.25) is 5.75 Å². The van der Waals surface area contributed by atoms with E-state index < -0.39 is 23.2 Å². The molecule has 7 heteroatoms. The molecule has 2 aromatic rings. The first-order valence-corrected chi connectivity index (χ1v) is 6.16. The summed E-state index contributed by atoms with van der Waals surface area (Å²) in [5.41, 5.74) is -0.141. The van der Waals surface area contributed by atoms with E-state index in [0.29, 0.717) is 5.75 Å². The molecule has 0 saturated carbocycles. The second kappa shape index (κ2) is 6.13. The molecular weight excluding hydrogens is 292 g/mol. The highest BCUT2D eigenvalue weighted by Gasteiger charge is 2.18. The van der Waals surface area contributed by atoms with Gasteiger partial charge in [-0.05, 0) is 24.3 Å². The average molecular weight is 306 g/mol. The van der Waals surface area contributed by atoms with Crippen molar-refractivity contribution >= 4 is 5.97 Å². The molecule has 0 unspecified atom stereocenters. The molecule has 0 fully saturated rings. The number of esters is 1. The van der Waals surface area contributed by atoms with Crippen molar-refractivity contribution in [3.63, 3.8) is 0 Å². The summed E-state index contributed by atoms with van der Waals surface area (Å²) in [6.07, 6.45) is 0. The molecule has 0 aromatic heterocycles. The van der Waals surface area contributed by atoms with Crippen molar-refractivity contribution in [2.24, 2.45) is 0 Å². The molecule has 0 aliphatic rings. The van der Waals surface area contributed by atoms with Gasteiger partial charge in [-0.15, -0.1) is 0 Å². The first-order valence-electron chi connectivity index (χ1n) is 6.16. The van der Waals surface area contributed by atoms with Gasteiger partial charge < -0.3 is 29.5 Å². The van der Waals surface area contributed by atoms with Crippen LogP contribution in [0.3, 0.4) is 0 Å². The third kappa shape index (κ3) is 2.83. The van der Waals surface area contributed by atoms with Crippen LogP contribution in [0.15, 0.2) is 30.3 Å². The molecule has 0 amide bonds. The van der Waals surface area contributed by atoms with E-state index in [4.69, 9.17) is 14.2 Å². The molecule has 22 heavy (non-hydrogen) atoms. The van der Waals surface area contributed by atoms with Gasteiger partial charge in [0.1, 0.15) is 0 Å².